The van der Waals surface area contributed by atoms with E-state index in [0.29, 0.717) is 17.9 Å². The first-order chi connectivity index (χ1) is 7.31. The van der Waals surface area contributed by atoms with Crippen LogP contribution in [0.15, 0.2) is 40.9 Å². The molecule has 1 aromatic carbocycles. The summed E-state index contributed by atoms with van der Waals surface area (Å²) in [6, 6.07) is 11.3. The Hall–Kier alpha value is -1.90. The molecule has 3 heteroatoms. The topological polar surface area (TPSA) is 43.1 Å². The molecule has 0 spiro atoms. The molecule has 0 amide bonds. The summed E-state index contributed by atoms with van der Waals surface area (Å²) in [7, 11) is 0. The van der Waals surface area contributed by atoms with Crippen molar-refractivity contribution in [1.29, 1.82) is 0 Å². The van der Waals surface area contributed by atoms with Crippen LogP contribution in [-0.2, 0) is 0 Å². The summed E-state index contributed by atoms with van der Waals surface area (Å²) in [5.41, 5.74) is 1.33. The maximum absolute atomic E-state index is 11.3. The molecule has 0 aliphatic carbocycles. The minimum Gasteiger partial charge on any atom is -0.356 e. The standard InChI is InChI=1S/C12H11NO2/c1-2-11(14)10-8-12(15-13-10)9-6-4-3-5-7-9/h3-8H,2H2,1H3. The maximum Gasteiger partial charge on any atom is 0.184 e. The highest BCUT2D eigenvalue weighted by molar-refractivity contribution is 5.94. The maximum atomic E-state index is 11.3. The van der Waals surface area contributed by atoms with Crippen molar-refractivity contribution in [2.45, 2.75) is 13.3 Å². The number of carbonyl (C=O) groups is 1. The number of ketones is 1. The molecule has 1 aromatic heterocycles. The van der Waals surface area contributed by atoms with Crippen LogP contribution in [0.1, 0.15) is 23.8 Å². The molecule has 15 heavy (non-hydrogen) atoms. The first-order valence-electron chi connectivity index (χ1n) is 4.86. The van der Waals surface area contributed by atoms with Crippen molar-refractivity contribution in [3.05, 3.63) is 42.1 Å². The van der Waals surface area contributed by atoms with Gasteiger partial charge in [-0.2, -0.15) is 0 Å². The molecule has 0 N–H and O–H groups in total. The zero-order valence-electron chi connectivity index (χ0n) is 8.43. The number of hydrogen-bond acceptors (Lipinski definition) is 3. The zero-order valence-corrected chi connectivity index (χ0v) is 8.43. The molecular formula is C12H11NO2. The Morgan fingerprint density at radius 1 is 1.33 bits per heavy atom. The molecule has 2 rings (SSSR count). The van der Waals surface area contributed by atoms with Crippen molar-refractivity contribution < 1.29 is 9.32 Å². The normalized spacial score (nSPS) is 10.2. The molecule has 3 nitrogen and oxygen atoms in total. The number of rotatable bonds is 3. The Kier molecular flexibility index (Phi) is 2.63. The van der Waals surface area contributed by atoms with E-state index in [-0.39, 0.29) is 5.78 Å². The average molecular weight is 201 g/mol. The van der Waals surface area contributed by atoms with Gasteiger partial charge in [0.2, 0.25) is 0 Å². The molecule has 0 saturated carbocycles. The van der Waals surface area contributed by atoms with Crippen molar-refractivity contribution in [3.63, 3.8) is 0 Å². The largest absolute Gasteiger partial charge is 0.356 e. The molecule has 0 fully saturated rings. The zero-order chi connectivity index (χ0) is 10.7. The summed E-state index contributed by atoms with van der Waals surface area (Å²) in [4.78, 5) is 11.3. The van der Waals surface area contributed by atoms with Gasteiger partial charge < -0.3 is 4.52 Å². The second-order valence-corrected chi connectivity index (χ2v) is 3.22. The SMILES string of the molecule is CCC(=O)c1cc(-c2ccccc2)on1. The lowest BCUT2D eigenvalue weighted by atomic mass is 10.1. The minimum absolute atomic E-state index is 0.000862. The minimum atomic E-state index is 0.000862. The van der Waals surface area contributed by atoms with Gasteiger partial charge in [-0.25, -0.2) is 0 Å². The lowest BCUT2D eigenvalue weighted by Gasteiger charge is -1.91. The molecule has 76 valence electrons. The van der Waals surface area contributed by atoms with Crippen LogP contribution < -0.4 is 0 Å². The van der Waals surface area contributed by atoms with Crippen LogP contribution in [0.5, 0.6) is 0 Å². The van der Waals surface area contributed by atoms with Gasteiger partial charge in [-0.3, -0.25) is 4.79 Å². The van der Waals surface area contributed by atoms with Crippen molar-refractivity contribution in [1.82, 2.24) is 5.16 Å². The Morgan fingerprint density at radius 2 is 2.07 bits per heavy atom. The number of hydrogen-bond donors (Lipinski definition) is 0. The second kappa shape index (κ2) is 4.09. The highest BCUT2D eigenvalue weighted by Gasteiger charge is 2.11. The molecule has 0 bridgehead atoms. The van der Waals surface area contributed by atoms with Crippen molar-refractivity contribution in [2.75, 3.05) is 0 Å². The van der Waals surface area contributed by atoms with E-state index < -0.39 is 0 Å². The first-order valence-corrected chi connectivity index (χ1v) is 4.86. The van der Waals surface area contributed by atoms with E-state index in [0.717, 1.165) is 5.56 Å². The second-order valence-electron chi connectivity index (χ2n) is 3.22. The van der Waals surface area contributed by atoms with Gasteiger partial charge in [0, 0.05) is 18.1 Å². The summed E-state index contributed by atoms with van der Waals surface area (Å²) in [6.07, 6.45) is 0.445. The Balaban J connectivity index is 2.32. The molecule has 0 saturated heterocycles. The van der Waals surface area contributed by atoms with Crippen molar-refractivity contribution in [2.24, 2.45) is 0 Å². The van der Waals surface area contributed by atoms with Crippen LogP contribution in [0.4, 0.5) is 0 Å². The third-order valence-electron chi connectivity index (χ3n) is 2.18. The van der Waals surface area contributed by atoms with E-state index in [4.69, 9.17) is 4.52 Å². The van der Waals surface area contributed by atoms with E-state index in [1.807, 2.05) is 30.3 Å². The number of aromatic nitrogens is 1. The van der Waals surface area contributed by atoms with E-state index >= 15 is 0 Å². The fourth-order valence-corrected chi connectivity index (χ4v) is 1.33. The highest BCUT2D eigenvalue weighted by Crippen LogP contribution is 2.20. The number of carbonyl (C=O) groups excluding carboxylic acids is 1. The summed E-state index contributed by atoms with van der Waals surface area (Å²) in [5.74, 6) is 0.633. The smallest absolute Gasteiger partial charge is 0.184 e. The van der Waals surface area contributed by atoms with Gasteiger partial charge in [-0.05, 0) is 0 Å². The van der Waals surface area contributed by atoms with Gasteiger partial charge in [-0.15, -0.1) is 0 Å². The fourth-order valence-electron chi connectivity index (χ4n) is 1.33. The molecule has 2 aromatic rings. The lowest BCUT2D eigenvalue weighted by molar-refractivity contribution is 0.0979. The first kappa shape index (κ1) is 9.65. The Bertz CT molecular complexity index is 459. The van der Waals surface area contributed by atoms with E-state index in [9.17, 15) is 4.79 Å². The summed E-state index contributed by atoms with van der Waals surface area (Å²) < 4.78 is 5.10. The average Bonchev–Trinajstić information content (AvgIpc) is 2.78. The molecule has 0 atom stereocenters. The van der Waals surface area contributed by atoms with Gasteiger partial charge >= 0.3 is 0 Å². The van der Waals surface area contributed by atoms with Crippen LogP contribution in [-0.4, -0.2) is 10.9 Å². The molecular weight excluding hydrogens is 190 g/mol. The molecule has 0 unspecified atom stereocenters. The fraction of sp³-hybridized carbons (Fsp3) is 0.167. The van der Waals surface area contributed by atoms with Crippen LogP contribution in [0.25, 0.3) is 11.3 Å². The quantitative estimate of drug-likeness (QED) is 0.717. The summed E-state index contributed by atoms with van der Waals surface area (Å²) >= 11 is 0. The summed E-state index contributed by atoms with van der Waals surface area (Å²) in [6.45, 7) is 1.80. The van der Waals surface area contributed by atoms with E-state index in [1.54, 1.807) is 13.0 Å². The van der Waals surface area contributed by atoms with Crippen LogP contribution >= 0.6 is 0 Å². The number of nitrogens with zero attached hydrogens (tertiary/aromatic N) is 1. The molecule has 0 radical (unpaired) electrons. The van der Waals surface area contributed by atoms with Gasteiger partial charge in [0.25, 0.3) is 0 Å². The predicted molar refractivity (Wildman–Crippen MR) is 56.6 cm³/mol. The lowest BCUT2D eigenvalue weighted by Crippen LogP contribution is -1.95. The van der Waals surface area contributed by atoms with Crippen LogP contribution in [0, 0.1) is 0 Å². The van der Waals surface area contributed by atoms with Gasteiger partial charge in [0.1, 0.15) is 5.69 Å². The van der Waals surface area contributed by atoms with E-state index in [2.05, 4.69) is 5.16 Å². The predicted octanol–water partition coefficient (Wildman–Crippen LogP) is 2.93. The number of Topliss-reactive ketones (excluding diaryl/α,β-unsaturated/α-hetero) is 1. The highest BCUT2D eigenvalue weighted by atomic mass is 16.5. The van der Waals surface area contributed by atoms with Gasteiger partial charge in [-0.1, -0.05) is 42.4 Å². The summed E-state index contributed by atoms with van der Waals surface area (Å²) in [5, 5.41) is 3.74. The molecule has 1 heterocycles. The van der Waals surface area contributed by atoms with E-state index in [1.165, 1.54) is 0 Å². The number of benzene rings is 1. The van der Waals surface area contributed by atoms with Crippen LogP contribution in [0.2, 0.25) is 0 Å². The van der Waals surface area contributed by atoms with Gasteiger partial charge in [0.15, 0.2) is 11.5 Å². The van der Waals surface area contributed by atoms with Crippen molar-refractivity contribution >= 4 is 5.78 Å². The van der Waals surface area contributed by atoms with Crippen LogP contribution in [0.3, 0.4) is 0 Å². The third kappa shape index (κ3) is 1.96. The van der Waals surface area contributed by atoms with Gasteiger partial charge in [0.05, 0.1) is 0 Å². The Morgan fingerprint density at radius 3 is 2.73 bits per heavy atom. The Labute approximate surface area is 87.7 Å². The van der Waals surface area contributed by atoms with Crippen molar-refractivity contribution in [3.8, 4) is 11.3 Å². The molecule has 0 aliphatic heterocycles. The third-order valence-corrected chi connectivity index (χ3v) is 2.18. The molecule has 0 aliphatic rings. The monoisotopic (exact) mass is 201 g/mol.